The molecule has 0 saturated carbocycles. The summed E-state index contributed by atoms with van der Waals surface area (Å²) in [6, 6.07) is 11.8. The smallest absolute Gasteiger partial charge is 0.339 e. The molecule has 0 atom stereocenters. The Bertz CT molecular complexity index is 884. The van der Waals surface area contributed by atoms with Crippen LogP contribution in [0.3, 0.4) is 0 Å². The van der Waals surface area contributed by atoms with Gasteiger partial charge in [-0.3, -0.25) is 0 Å². The van der Waals surface area contributed by atoms with E-state index in [0.29, 0.717) is 4.47 Å². The molecule has 5 nitrogen and oxygen atoms in total. The molecule has 134 valence electrons. The van der Waals surface area contributed by atoms with Crippen LogP contribution in [0.4, 0.5) is 0 Å². The summed E-state index contributed by atoms with van der Waals surface area (Å²) in [6.07, 6.45) is 0. The predicted molar refractivity (Wildman–Crippen MR) is 99.8 cm³/mol. The predicted octanol–water partition coefficient (Wildman–Crippen LogP) is 3.75. The van der Waals surface area contributed by atoms with E-state index >= 15 is 0 Å². The monoisotopic (exact) mass is 425 g/mol. The van der Waals surface area contributed by atoms with E-state index in [-0.39, 0.29) is 22.5 Å². The van der Waals surface area contributed by atoms with Crippen molar-refractivity contribution in [3.8, 4) is 0 Å². The highest BCUT2D eigenvalue weighted by molar-refractivity contribution is 9.10. The van der Waals surface area contributed by atoms with Crippen molar-refractivity contribution in [1.29, 1.82) is 0 Å². The normalized spacial score (nSPS) is 12.0. The van der Waals surface area contributed by atoms with Gasteiger partial charge in [-0.15, -0.1) is 0 Å². The lowest BCUT2D eigenvalue weighted by Crippen LogP contribution is -2.14. The average Bonchev–Trinajstić information content (AvgIpc) is 2.51. The lowest BCUT2D eigenvalue weighted by molar-refractivity contribution is 0.0471. The van der Waals surface area contributed by atoms with E-state index in [1.165, 1.54) is 23.8 Å². The van der Waals surface area contributed by atoms with Gasteiger partial charge in [0.15, 0.2) is 0 Å². The van der Waals surface area contributed by atoms with E-state index in [0.717, 1.165) is 5.56 Å². The number of hydrogen-bond acceptors (Lipinski definition) is 4. The fourth-order valence-electron chi connectivity index (χ4n) is 2.17. The minimum absolute atomic E-state index is 0.0498. The van der Waals surface area contributed by atoms with Gasteiger partial charge in [0.1, 0.15) is 6.61 Å². The van der Waals surface area contributed by atoms with Crippen LogP contribution in [0.1, 0.15) is 42.3 Å². The molecule has 0 amide bonds. The Kier molecular flexibility index (Phi) is 5.71. The molecule has 0 bridgehead atoms. The minimum atomic E-state index is -3.89. The van der Waals surface area contributed by atoms with Crippen LogP contribution in [0.5, 0.6) is 0 Å². The van der Waals surface area contributed by atoms with Crippen LogP contribution in [0, 0.1) is 0 Å². The van der Waals surface area contributed by atoms with Gasteiger partial charge >= 0.3 is 5.97 Å². The number of sulfonamides is 1. The van der Waals surface area contributed by atoms with Gasteiger partial charge in [0, 0.05) is 4.47 Å². The molecule has 2 aromatic carbocycles. The number of ether oxygens (including phenoxy) is 1. The van der Waals surface area contributed by atoms with Crippen molar-refractivity contribution in [3.63, 3.8) is 0 Å². The van der Waals surface area contributed by atoms with Gasteiger partial charge in [0.25, 0.3) is 0 Å². The van der Waals surface area contributed by atoms with Crippen LogP contribution < -0.4 is 5.14 Å². The minimum Gasteiger partial charge on any atom is -0.457 e. The number of halogens is 1. The van der Waals surface area contributed by atoms with E-state index in [4.69, 9.17) is 9.88 Å². The lowest BCUT2D eigenvalue weighted by Gasteiger charge is -2.19. The fourth-order valence-corrected chi connectivity index (χ4v) is 3.11. The third-order valence-electron chi connectivity index (χ3n) is 3.68. The molecule has 0 aliphatic carbocycles. The van der Waals surface area contributed by atoms with Crippen LogP contribution in [-0.4, -0.2) is 14.4 Å². The standard InChI is InChI=1S/C18H20BrNO4S/c1-18(2,3)13-6-4-12(5-7-13)11-24-17(21)15-10-14(25(20,22)23)8-9-16(15)19/h4-10H,11H2,1-3H3,(H2,20,22,23). The van der Waals surface area contributed by atoms with Gasteiger partial charge in [-0.25, -0.2) is 18.4 Å². The largest absolute Gasteiger partial charge is 0.457 e. The van der Waals surface area contributed by atoms with Gasteiger partial charge in [0.2, 0.25) is 10.0 Å². The van der Waals surface area contributed by atoms with Crippen LogP contribution in [-0.2, 0) is 26.8 Å². The summed E-state index contributed by atoms with van der Waals surface area (Å²) in [5.41, 5.74) is 2.19. The number of primary sulfonamides is 1. The maximum Gasteiger partial charge on any atom is 0.339 e. The Morgan fingerprint density at radius 3 is 2.24 bits per heavy atom. The molecule has 0 aliphatic rings. The maximum absolute atomic E-state index is 12.3. The van der Waals surface area contributed by atoms with Crippen molar-refractivity contribution in [1.82, 2.24) is 0 Å². The van der Waals surface area contributed by atoms with E-state index in [2.05, 4.69) is 36.7 Å². The third-order valence-corrected chi connectivity index (χ3v) is 5.28. The first kappa shape index (κ1) is 19.6. The molecule has 0 aromatic heterocycles. The molecule has 2 N–H and O–H groups in total. The Hall–Kier alpha value is -1.70. The Morgan fingerprint density at radius 1 is 1.12 bits per heavy atom. The highest BCUT2D eigenvalue weighted by atomic mass is 79.9. The summed E-state index contributed by atoms with van der Waals surface area (Å²) in [4.78, 5) is 12.1. The molecule has 7 heteroatoms. The number of hydrogen-bond donors (Lipinski definition) is 1. The van der Waals surface area contributed by atoms with E-state index < -0.39 is 16.0 Å². The Labute approximate surface area is 156 Å². The Balaban J connectivity index is 2.13. The highest BCUT2D eigenvalue weighted by Crippen LogP contribution is 2.24. The van der Waals surface area contributed by atoms with Gasteiger partial charge in [0.05, 0.1) is 10.5 Å². The molecule has 2 aromatic rings. The van der Waals surface area contributed by atoms with Crippen molar-refractivity contribution < 1.29 is 17.9 Å². The van der Waals surface area contributed by atoms with Crippen LogP contribution >= 0.6 is 15.9 Å². The second-order valence-electron chi connectivity index (χ2n) is 6.71. The quantitative estimate of drug-likeness (QED) is 0.755. The first-order valence-corrected chi connectivity index (χ1v) is 9.91. The molecule has 0 heterocycles. The second kappa shape index (κ2) is 7.27. The van der Waals surface area contributed by atoms with Gasteiger partial charge < -0.3 is 4.74 Å². The number of carbonyl (C=O) groups excluding carboxylic acids is 1. The highest BCUT2D eigenvalue weighted by Gasteiger charge is 2.17. The number of carbonyl (C=O) groups is 1. The van der Waals surface area contributed by atoms with Crippen LogP contribution in [0.2, 0.25) is 0 Å². The molecule has 0 spiro atoms. The van der Waals surface area contributed by atoms with Crippen molar-refractivity contribution >= 4 is 31.9 Å². The van der Waals surface area contributed by atoms with Crippen LogP contribution in [0.15, 0.2) is 51.8 Å². The van der Waals surface area contributed by atoms with E-state index in [1.54, 1.807) is 0 Å². The summed E-state index contributed by atoms with van der Waals surface area (Å²) in [6.45, 7) is 6.46. The van der Waals surface area contributed by atoms with Crippen molar-refractivity contribution in [3.05, 3.63) is 63.6 Å². The van der Waals surface area contributed by atoms with Crippen molar-refractivity contribution in [2.24, 2.45) is 5.14 Å². The zero-order valence-electron chi connectivity index (χ0n) is 14.2. The molecule has 0 unspecified atom stereocenters. The second-order valence-corrected chi connectivity index (χ2v) is 9.13. The topological polar surface area (TPSA) is 86.5 Å². The molecule has 2 rings (SSSR count). The fraction of sp³-hybridized carbons (Fsp3) is 0.278. The van der Waals surface area contributed by atoms with Gasteiger partial charge in [-0.2, -0.15) is 0 Å². The molecule has 0 radical (unpaired) electrons. The first-order chi connectivity index (χ1) is 11.5. The number of benzene rings is 2. The molecule has 0 aliphatic heterocycles. The molecular weight excluding hydrogens is 406 g/mol. The number of esters is 1. The van der Waals surface area contributed by atoms with E-state index in [1.807, 2.05) is 24.3 Å². The van der Waals surface area contributed by atoms with Crippen LogP contribution in [0.25, 0.3) is 0 Å². The SMILES string of the molecule is CC(C)(C)c1ccc(COC(=O)c2cc(S(N)(=O)=O)ccc2Br)cc1. The number of rotatable bonds is 4. The molecule has 0 saturated heterocycles. The summed E-state index contributed by atoms with van der Waals surface area (Å²) >= 11 is 3.22. The number of nitrogens with two attached hydrogens (primary N) is 1. The van der Waals surface area contributed by atoms with Gasteiger partial charge in [-0.1, -0.05) is 45.0 Å². The third kappa shape index (κ3) is 5.14. The summed E-state index contributed by atoms with van der Waals surface area (Å²) in [7, 11) is -3.89. The van der Waals surface area contributed by atoms with E-state index in [9.17, 15) is 13.2 Å². The lowest BCUT2D eigenvalue weighted by atomic mass is 9.87. The summed E-state index contributed by atoms with van der Waals surface area (Å²) in [5.74, 6) is -0.628. The molecule has 0 fully saturated rings. The van der Waals surface area contributed by atoms with Crippen molar-refractivity contribution in [2.75, 3.05) is 0 Å². The first-order valence-electron chi connectivity index (χ1n) is 7.57. The Morgan fingerprint density at radius 2 is 1.72 bits per heavy atom. The average molecular weight is 426 g/mol. The van der Waals surface area contributed by atoms with Crippen molar-refractivity contribution in [2.45, 2.75) is 37.7 Å². The summed E-state index contributed by atoms with van der Waals surface area (Å²) < 4.78 is 28.6. The molecule has 25 heavy (non-hydrogen) atoms. The zero-order valence-corrected chi connectivity index (χ0v) is 16.6. The maximum atomic E-state index is 12.3. The summed E-state index contributed by atoms with van der Waals surface area (Å²) in [5, 5.41) is 5.09. The zero-order chi connectivity index (χ0) is 18.8. The van der Waals surface area contributed by atoms with Gasteiger partial charge in [-0.05, 0) is 50.7 Å². The molecular formula is C18H20BrNO4S.